The van der Waals surface area contributed by atoms with Gasteiger partial charge in [0.05, 0.1) is 20.1 Å². The molecule has 0 fully saturated rings. The SMILES string of the molecule is CCOC(=O)C(/C=C\CC(F)(F)F)=C/[NH2+]OC. The lowest BCUT2D eigenvalue weighted by Gasteiger charge is -2.02. The van der Waals surface area contributed by atoms with E-state index in [1.807, 2.05) is 0 Å². The van der Waals surface area contributed by atoms with Gasteiger partial charge in [-0.3, -0.25) is 0 Å². The third-order valence-corrected chi connectivity index (χ3v) is 1.54. The van der Waals surface area contributed by atoms with E-state index in [1.165, 1.54) is 18.8 Å². The van der Waals surface area contributed by atoms with Gasteiger partial charge in [0.25, 0.3) is 0 Å². The molecule has 0 aliphatic heterocycles. The van der Waals surface area contributed by atoms with Crippen LogP contribution in [0.4, 0.5) is 13.2 Å². The van der Waals surface area contributed by atoms with Crippen LogP contribution in [0.1, 0.15) is 13.3 Å². The van der Waals surface area contributed by atoms with Gasteiger partial charge >= 0.3 is 12.1 Å². The van der Waals surface area contributed by atoms with E-state index in [4.69, 9.17) is 0 Å². The highest BCUT2D eigenvalue weighted by molar-refractivity contribution is 5.91. The normalized spacial score (nSPS) is 13.1. The summed E-state index contributed by atoms with van der Waals surface area (Å²) < 4.78 is 40.3. The summed E-state index contributed by atoms with van der Waals surface area (Å²) in [5.41, 5.74) is 1.18. The van der Waals surface area contributed by atoms with Crippen LogP contribution in [0.5, 0.6) is 0 Å². The molecule has 0 saturated heterocycles. The topological polar surface area (TPSA) is 52.1 Å². The summed E-state index contributed by atoms with van der Waals surface area (Å²) in [4.78, 5) is 15.9. The van der Waals surface area contributed by atoms with Crippen LogP contribution in [0.2, 0.25) is 0 Å². The van der Waals surface area contributed by atoms with Crippen molar-refractivity contribution in [3.8, 4) is 0 Å². The third-order valence-electron chi connectivity index (χ3n) is 1.54. The first kappa shape index (κ1) is 15.7. The highest BCUT2D eigenvalue weighted by atomic mass is 19.4. The summed E-state index contributed by atoms with van der Waals surface area (Å²) in [6, 6.07) is 0. The van der Waals surface area contributed by atoms with Crippen molar-refractivity contribution >= 4 is 5.97 Å². The molecule has 0 aliphatic rings. The molecule has 7 heteroatoms. The van der Waals surface area contributed by atoms with E-state index < -0.39 is 18.6 Å². The maximum absolute atomic E-state index is 11.9. The molecule has 0 rings (SSSR count). The molecule has 0 unspecified atom stereocenters. The lowest BCUT2D eigenvalue weighted by atomic mass is 10.2. The van der Waals surface area contributed by atoms with Gasteiger partial charge < -0.3 is 4.74 Å². The number of carbonyl (C=O) groups is 1. The molecule has 4 nitrogen and oxygen atoms in total. The van der Waals surface area contributed by atoms with Gasteiger partial charge in [0.1, 0.15) is 11.8 Å². The van der Waals surface area contributed by atoms with Crippen molar-refractivity contribution in [1.82, 2.24) is 0 Å². The van der Waals surface area contributed by atoms with Crippen molar-refractivity contribution in [3.63, 3.8) is 0 Å². The van der Waals surface area contributed by atoms with E-state index in [-0.39, 0.29) is 12.2 Å². The molecule has 0 atom stereocenters. The molecule has 0 aromatic heterocycles. The van der Waals surface area contributed by atoms with Gasteiger partial charge in [-0.15, -0.1) is 0 Å². The first-order valence-corrected chi connectivity index (χ1v) is 4.87. The van der Waals surface area contributed by atoms with Crippen LogP contribution in [-0.2, 0) is 14.4 Å². The first-order valence-electron chi connectivity index (χ1n) is 4.87. The van der Waals surface area contributed by atoms with Crippen LogP contribution in [0, 0.1) is 0 Å². The molecular formula is C10H15F3NO3+. The molecule has 0 aliphatic carbocycles. The van der Waals surface area contributed by atoms with E-state index in [9.17, 15) is 18.0 Å². The van der Waals surface area contributed by atoms with Gasteiger partial charge in [0, 0.05) is 0 Å². The second-order valence-corrected chi connectivity index (χ2v) is 2.94. The quantitative estimate of drug-likeness (QED) is 0.334. The van der Waals surface area contributed by atoms with Crippen molar-refractivity contribution in [3.05, 3.63) is 23.9 Å². The average Bonchev–Trinajstić information content (AvgIpc) is 2.21. The van der Waals surface area contributed by atoms with E-state index >= 15 is 0 Å². The van der Waals surface area contributed by atoms with E-state index in [1.54, 1.807) is 6.92 Å². The summed E-state index contributed by atoms with van der Waals surface area (Å²) in [7, 11) is 1.36. The smallest absolute Gasteiger partial charge is 0.392 e. The molecule has 0 aromatic carbocycles. The molecule has 0 radical (unpaired) electrons. The van der Waals surface area contributed by atoms with Crippen molar-refractivity contribution in [2.75, 3.05) is 13.7 Å². The Labute approximate surface area is 97.0 Å². The van der Waals surface area contributed by atoms with Crippen LogP contribution in [-0.4, -0.2) is 25.9 Å². The first-order chi connectivity index (χ1) is 7.90. The summed E-state index contributed by atoms with van der Waals surface area (Å²) >= 11 is 0. The third kappa shape index (κ3) is 8.47. The molecule has 0 bridgehead atoms. The summed E-state index contributed by atoms with van der Waals surface area (Å²) in [5, 5.41) is 0. The minimum atomic E-state index is -4.29. The maximum Gasteiger partial charge on any atom is 0.392 e. The minimum Gasteiger partial charge on any atom is -0.462 e. The zero-order chi connectivity index (χ0) is 13.3. The molecule has 0 spiro atoms. The number of nitrogens with two attached hydrogens (primary N) is 1. The van der Waals surface area contributed by atoms with Crippen molar-refractivity contribution in [2.24, 2.45) is 0 Å². The summed E-state index contributed by atoms with van der Waals surface area (Å²) in [5.74, 6) is -0.695. The van der Waals surface area contributed by atoms with Gasteiger partial charge in [-0.1, -0.05) is 6.08 Å². The monoisotopic (exact) mass is 254 g/mol. The molecule has 0 aromatic rings. The Morgan fingerprint density at radius 3 is 2.53 bits per heavy atom. The maximum atomic E-state index is 11.9. The number of esters is 1. The molecule has 2 N–H and O–H groups in total. The Kier molecular flexibility index (Phi) is 7.24. The number of rotatable bonds is 6. The van der Waals surface area contributed by atoms with Gasteiger partial charge in [-0.2, -0.15) is 18.7 Å². The predicted octanol–water partition coefficient (Wildman–Crippen LogP) is 1.07. The number of hydrogen-bond donors (Lipinski definition) is 1. The van der Waals surface area contributed by atoms with Gasteiger partial charge in [-0.05, 0) is 13.0 Å². The van der Waals surface area contributed by atoms with Crippen LogP contribution in [0.3, 0.4) is 0 Å². The second-order valence-electron chi connectivity index (χ2n) is 2.94. The number of hydrogen-bond acceptors (Lipinski definition) is 3. The number of ether oxygens (including phenoxy) is 1. The van der Waals surface area contributed by atoms with Gasteiger partial charge in [0.15, 0.2) is 0 Å². The van der Waals surface area contributed by atoms with E-state index in [0.717, 1.165) is 12.2 Å². The highest BCUT2D eigenvalue weighted by Crippen LogP contribution is 2.20. The molecule has 0 amide bonds. The van der Waals surface area contributed by atoms with Crippen LogP contribution >= 0.6 is 0 Å². The summed E-state index contributed by atoms with van der Waals surface area (Å²) in [6.07, 6.45) is -2.24. The lowest BCUT2D eigenvalue weighted by Crippen LogP contribution is -2.76. The van der Waals surface area contributed by atoms with Crippen molar-refractivity contribution < 1.29 is 33.0 Å². The number of alkyl halides is 3. The molecule has 98 valence electrons. The van der Waals surface area contributed by atoms with Crippen molar-refractivity contribution in [1.29, 1.82) is 0 Å². The number of carbonyl (C=O) groups excluding carboxylic acids is 1. The fourth-order valence-corrected chi connectivity index (χ4v) is 0.867. The minimum absolute atomic E-state index is 0.00190. The Hall–Kier alpha value is -1.34. The Morgan fingerprint density at radius 1 is 1.41 bits per heavy atom. The Bertz CT molecular complexity index is 298. The Morgan fingerprint density at radius 2 is 2.06 bits per heavy atom. The van der Waals surface area contributed by atoms with E-state index in [0.29, 0.717) is 0 Å². The van der Waals surface area contributed by atoms with E-state index in [2.05, 4.69) is 9.57 Å². The average molecular weight is 254 g/mol. The predicted molar refractivity (Wildman–Crippen MR) is 53.5 cm³/mol. The highest BCUT2D eigenvalue weighted by Gasteiger charge is 2.24. The van der Waals surface area contributed by atoms with Crippen LogP contribution in [0.25, 0.3) is 0 Å². The van der Waals surface area contributed by atoms with Gasteiger partial charge in [-0.25, -0.2) is 9.63 Å². The summed E-state index contributed by atoms with van der Waals surface area (Å²) in [6.45, 7) is 1.76. The number of halogens is 3. The number of hydroxylamine groups is 1. The lowest BCUT2D eigenvalue weighted by molar-refractivity contribution is -0.842. The van der Waals surface area contributed by atoms with Gasteiger partial charge in [0.2, 0.25) is 0 Å². The molecule has 0 saturated carbocycles. The Balaban J connectivity index is 4.54. The fourth-order valence-electron chi connectivity index (χ4n) is 0.867. The molecule has 0 heterocycles. The molecular weight excluding hydrogens is 239 g/mol. The standard InChI is InChI=1S/C10H14F3NO3/c1-3-17-9(15)8(7-14-16-2)5-4-6-10(11,12)13/h4-5,7,14H,3,6H2,1-2H3/p+1/b5-4-,8-7+. The van der Waals surface area contributed by atoms with Crippen LogP contribution in [0.15, 0.2) is 23.9 Å². The number of quaternary nitrogens is 1. The van der Waals surface area contributed by atoms with Crippen LogP contribution < -0.4 is 5.48 Å². The second kappa shape index (κ2) is 7.86. The fraction of sp³-hybridized carbons (Fsp3) is 0.500. The molecule has 17 heavy (non-hydrogen) atoms. The zero-order valence-electron chi connectivity index (χ0n) is 9.58. The zero-order valence-corrected chi connectivity index (χ0v) is 9.58. The van der Waals surface area contributed by atoms with Crippen molar-refractivity contribution in [2.45, 2.75) is 19.5 Å². The number of allylic oxidation sites excluding steroid dienone is 1. The largest absolute Gasteiger partial charge is 0.462 e.